The van der Waals surface area contributed by atoms with E-state index in [1.54, 1.807) is 24.7 Å². The molecule has 0 amide bonds. The molecule has 2 fully saturated rings. The Balaban J connectivity index is 1.42. The third kappa shape index (κ3) is 5.29. The average Bonchev–Trinajstić information content (AvgIpc) is 3.08. The van der Waals surface area contributed by atoms with Gasteiger partial charge < -0.3 is 10.6 Å². The van der Waals surface area contributed by atoms with E-state index in [1.165, 1.54) is 12.5 Å². The predicted octanol–water partition coefficient (Wildman–Crippen LogP) is 6.05. The molecule has 6 heteroatoms. The van der Waals surface area contributed by atoms with Crippen LogP contribution in [0, 0.1) is 17.7 Å². The van der Waals surface area contributed by atoms with Gasteiger partial charge in [-0.1, -0.05) is 13.8 Å². The van der Waals surface area contributed by atoms with Crippen molar-refractivity contribution in [3.8, 4) is 0 Å². The Morgan fingerprint density at radius 1 is 1.08 bits per heavy atom. The summed E-state index contributed by atoms with van der Waals surface area (Å²) in [5, 5.41) is 0.411. The molecule has 1 saturated carbocycles. The lowest BCUT2D eigenvalue weighted by Crippen LogP contribution is -2.31. The number of pyridine rings is 2. The molecule has 1 aliphatic heterocycles. The number of hydrogen-bond acceptors (Lipinski definition) is 5. The molecule has 4 atom stereocenters. The Labute approximate surface area is 213 Å². The van der Waals surface area contributed by atoms with Crippen LogP contribution >= 0.6 is 0 Å². The number of benzene rings is 1. The van der Waals surface area contributed by atoms with E-state index in [0.717, 1.165) is 62.0 Å². The molecule has 5 nitrogen and oxygen atoms in total. The fourth-order valence-electron chi connectivity index (χ4n) is 6.26. The number of carbonyl (C=O) groups excluding carboxylic acids is 1. The first kappa shape index (κ1) is 24.8. The highest BCUT2D eigenvalue weighted by molar-refractivity contribution is 6.08. The first-order valence-corrected chi connectivity index (χ1v) is 13.4. The Bertz CT molecular complexity index is 1230. The van der Waals surface area contributed by atoms with Crippen molar-refractivity contribution < 1.29 is 9.18 Å². The van der Waals surface area contributed by atoms with Crippen LogP contribution in [-0.2, 0) is 6.42 Å². The average molecular weight is 489 g/mol. The Kier molecular flexibility index (Phi) is 7.33. The number of hydrogen-bond donors (Lipinski definition) is 1. The first-order chi connectivity index (χ1) is 17.4. The molecular weight excluding hydrogens is 451 g/mol. The van der Waals surface area contributed by atoms with Crippen LogP contribution < -0.4 is 10.6 Å². The maximum absolute atomic E-state index is 14.9. The highest BCUT2D eigenvalue weighted by atomic mass is 19.1. The van der Waals surface area contributed by atoms with Gasteiger partial charge in [0, 0.05) is 48.9 Å². The van der Waals surface area contributed by atoms with Gasteiger partial charge in [-0.3, -0.25) is 14.8 Å². The fourth-order valence-corrected chi connectivity index (χ4v) is 6.26. The lowest BCUT2D eigenvalue weighted by molar-refractivity contribution is 0.0994. The summed E-state index contributed by atoms with van der Waals surface area (Å²) in [6.07, 6.45) is 12.1. The van der Waals surface area contributed by atoms with Crippen molar-refractivity contribution in [1.29, 1.82) is 0 Å². The summed E-state index contributed by atoms with van der Waals surface area (Å²) < 4.78 is 14.9. The lowest BCUT2D eigenvalue weighted by Gasteiger charge is -2.32. The molecule has 1 aliphatic carbocycles. The SMILES string of the molecule is CC1CCCN(c2cnc3c(C(=O)Cc4cnccc4[C@@H]4C[C@H](C)C[C@H](N)C4)ccc(F)c3c2)CC1. The van der Waals surface area contributed by atoms with Crippen LogP contribution in [0.4, 0.5) is 10.1 Å². The van der Waals surface area contributed by atoms with E-state index < -0.39 is 0 Å². The smallest absolute Gasteiger partial charge is 0.169 e. The third-order valence-electron chi connectivity index (χ3n) is 8.18. The number of ketones is 1. The third-order valence-corrected chi connectivity index (χ3v) is 8.18. The van der Waals surface area contributed by atoms with Gasteiger partial charge in [0.25, 0.3) is 0 Å². The zero-order valence-electron chi connectivity index (χ0n) is 21.4. The monoisotopic (exact) mass is 488 g/mol. The quantitative estimate of drug-likeness (QED) is 0.443. The number of fused-ring (bicyclic) bond motifs is 1. The molecule has 1 unspecified atom stereocenters. The Morgan fingerprint density at radius 2 is 1.94 bits per heavy atom. The number of aromatic nitrogens is 2. The summed E-state index contributed by atoms with van der Waals surface area (Å²) in [5.41, 5.74) is 10.2. The maximum atomic E-state index is 14.9. The van der Waals surface area contributed by atoms with E-state index in [2.05, 4.69) is 28.7 Å². The molecule has 1 saturated heterocycles. The summed E-state index contributed by atoms with van der Waals surface area (Å²) in [5.74, 6) is 1.19. The van der Waals surface area contributed by atoms with Gasteiger partial charge in [-0.15, -0.1) is 0 Å². The van der Waals surface area contributed by atoms with E-state index in [-0.39, 0.29) is 24.1 Å². The molecule has 2 aliphatic rings. The second kappa shape index (κ2) is 10.6. The number of nitrogens with two attached hydrogens (primary N) is 1. The van der Waals surface area contributed by atoms with Gasteiger partial charge in [-0.25, -0.2) is 4.39 Å². The summed E-state index contributed by atoms with van der Waals surface area (Å²) in [4.78, 5) is 24.8. The van der Waals surface area contributed by atoms with Crippen LogP contribution in [-0.4, -0.2) is 34.9 Å². The van der Waals surface area contributed by atoms with Crippen LogP contribution in [0.15, 0.2) is 42.9 Å². The molecule has 0 bridgehead atoms. The molecule has 36 heavy (non-hydrogen) atoms. The van der Waals surface area contributed by atoms with E-state index >= 15 is 0 Å². The molecule has 2 N–H and O–H groups in total. The maximum Gasteiger partial charge on any atom is 0.169 e. The lowest BCUT2D eigenvalue weighted by atomic mass is 9.75. The highest BCUT2D eigenvalue weighted by Gasteiger charge is 2.28. The van der Waals surface area contributed by atoms with Crippen molar-refractivity contribution in [3.05, 3.63) is 65.4 Å². The minimum atomic E-state index is -0.341. The van der Waals surface area contributed by atoms with Crippen LogP contribution in [0.2, 0.25) is 0 Å². The van der Waals surface area contributed by atoms with E-state index in [0.29, 0.717) is 34.2 Å². The second-order valence-electron chi connectivity index (χ2n) is 11.2. The summed E-state index contributed by atoms with van der Waals surface area (Å²) in [6.45, 7) is 6.43. The van der Waals surface area contributed by atoms with Crippen molar-refractivity contribution in [2.75, 3.05) is 18.0 Å². The molecule has 0 radical (unpaired) electrons. The molecule has 3 heterocycles. The van der Waals surface area contributed by atoms with Gasteiger partial charge in [0.1, 0.15) is 5.82 Å². The van der Waals surface area contributed by atoms with Crippen molar-refractivity contribution in [1.82, 2.24) is 9.97 Å². The van der Waals surface area contributed by atoms with E-state index in [1.807, 2.05) is 12.1 Å². The normalized spacial score (nSPS) is 25.1. The topological polar surface area (TPSA) is 72.1 Å². The van der Waals surface area contributed by atoms with Gasteiger partial charge in [-0.05, 0) is 91.7 Å². The van der Waals surface area contributed by atoms with Gasteiger partial charge in [-0.2, -0.15) is 0 Å². The summed E-state index contributed by atoms with van der Waals surface area (Å²) in [7, 11) is 0. The Hall–Kier alpha value is -2.86. The van der Waals surface area contributed by atoms with E-state index in [4.69, 9.17) is 5.73 Å². The van der Waals surface area contributed by atoms with Gasteiger partial charge in [0.05, 0.1) is 17.4 Å². The first-order valence-electron chi connectivity index (χ1n) is 13.4. The zero-order valence-corrected chi connectivity index (χ0v) is 21.4. The minimum Gasteiger partial charge on any atom is -0.370 e. The van der Waals surface area contributed by atoms with E-state index in [9.17, 15) is 9.18 Å². The van der Waals surface area contributed by atoms with Crippen molar-refractivity contribution in [2.45, 2.75) is 70.8 Å². The van der Waals surface area contributed by atoms with Crippen molar-refractivity contribution >= 4 is 22.4 Å². The standard InChI is InChI=1S/C30H37FN4O/c1-19-4-3-10-35(11-8-19)24-16-27-28(31)6-5-26(30(27)34-18-24)29(36)15-22-17-33-9-7-25(22)21-12-20(2)13-23(32)14-21/h5-7,9,16-21,23H,3-4,8,10-15,32H2,1-2H3/t19?,20-,21+,23-/m0/s1. The predicted molar refractivity (Wildman–Crippen MR) is 143 cm³/mol. The minimum absolute atomic E-state index is 0.0637. The highest BCUT2D eigenvalue weighted by Crippen LogP contribution is 2.37. The van der Waals surface area contributed by atoms with Crippen LogP contribution in [0.25, 0.3) is 10.9 Å². The number of carbonyl (C=O) groups is 1. The molecule has 2 aromatic heterocycles. The molecule has 1 aromatic carbocycles. The number of nitrogens with zero attached hydrogens (tertiary/aromatic N) is 3. The molecular formula is C30H37FN4O. The summed E-state index contributed by atoms with van der Waals surface area (Å²) >= 11 is 0. The zero-order chi connectivity index (χ0) is 25.2. The summed E-state index contributed by atoms with van der Waals surface area (Å²) in [6, 6.07) is 7.06. The molecule has 190 valence electrons. The van der Waals surface area contributed by atoms with Gasteiger partial charge >= 0.3 is 0 Å². The number of anilines is 1. The van der Waals surface area contributed by atoms with Crippen LogP contribution in [0.3, 0.4) is 0 Å². The van der Waals surface area contributed by atoms with Gasteiger partial charge in [0.15, 0.2) is 5.78 Å². The molecule has 3 aromatic rings. The Morgan fingerprint density at radius 3 is 2.78 bits per heavy atom. The largest absolute Gasteiger partial charge is 0.370 e. The fraction of sp³-hybridized carbons (Fsp3) is 0.500. The van der Waals surface area contributed by atoms with Crippen LogP contribution in [0.1, 0.15) is 79.8 Å². The number of halogens is 1. The van der Waals surface area contributed by atoms with Crippen molar-refractivity contribution in [3.63, 3.8) is 0 Å². The number of rotatable bonds is 5. The van der Waals surface area contributed by atoms with Crippen molar-refractivity contribution in [2.24, 2.45) is 17.6 Å². The second-order valence-corrected chi connectivity index (χ2v) is 11.2. The van der Waals surface area contributed by atoms with Crippen LogP contribution in [0.5, 0.6) is 0 Å². The molecule has 5 rings (SSSR count). The van der Waals surface area contributed by atoms with Gasteiger partial charge in [0.2, 0.25) is 0 Å². The molecule has 0 spiro atoms. The number of Topliss-reactive ketones (excluding diaryl/α,β-unsaturated/α-hetero) is 1.